The number of carbonyl (C=O) groups excluding carboxylic acids is 1. The fourth-order valence-corrected chi connectivity index (χ4v) is 2.78. The van der Waals surface area contributed by atoms with Gasteiger partial charge in [0.2, 0.25) is 5.91 Å². The van der Waals surface area contributed by atoms with Crippen molar-refractivity contribution < 1.29 is 4.79 Å². The lowest BCUT2D eigenvalue weighted by Gasteiger charge is -2.33. The molecule has 0 aromatic rings. The van der Waals surface area contributed by atoms with Crippen molar-refractivity contribution >= 4 is 29.3 Å². The van der Waals surface area contributed by atoms with E-state index < -0.39 is 0 Å². The molecule has 1 rings (SSSR count). The Balaban J connectivity index is 2.41. The molecule has 0 atom stereocenters. The smallest absolute Gasteiger partial charge is 0.235 e. The molecule has 1 fully saturated rings. The Morgan fingerprint density at radius 2 is 2.17 bits per heavy atom. The molecule has 0 saturated carbocycles. The molecule has 0 aromatic heterocycles. The number of hydrogen-bond donors (Lipinski definition) is 1. The standard InChI is InChI=1S/C8H14ClNOS/c1-8(10-7(11)6-9)2-4-12-5-3-8/h2-6H2,1H3,(H,10,11). The summed E-state index contributed by atoms with van der Waals surface area (Å²) in [5.41, 5.74) is -0.00275. The maximum atomic E-state index is 11.0. The third-order valence-electron chi connectivity index (χ3n) is 2.16. The van der Waals surface area contributed by atoms with Crippen LogP contribution in [0.3, 0.4) is 0 Å². The number of alkyl halides is 1. The lowest BCUT2D eigenvalue weighted by atomic mass is 9.95. The molecule has 0 spiro atoms. The highest BCUT2D eigenvalue weighted by molar-refractivity contribution is 7.99. The first-order chi connectivity index (χ1) is 5.66. The first-order valence-corrected chi connectivity index (χ1v) is 5.80. The summed E-state index contributed by atoms with van der Waals surface area (Å²) in [5.74, 6) is 2.30. The van der Waals surface area contributed by atoms with Gasteiger partial charge in [0.05, 0.1) is 0 Å². The number of rotatable bonds is 2. The van der Waals surface area contributed by atoms with Gasteiger partial charge in [0, 0.05) is 5.54 Å². The van der Waals surface area contributed by atoms with Crippen LogP contribution in [0, 0.1) is 0 Å². The molecule has 0 radical (unpaired) electrons. The van der Waals surface area contributed by atoms with E-state index in [0.29, 0.717) is 0 Å². The maximum Gasteiger partial charge on any atom is 0.235 e. The second-order valence-corrected chi connectivity index (χ2v) is 4.85. The monoisotopic (exact) mass is 207 g/mol. The minimum Gasteiger partial charge on any atom is -0.350 e. The highest BCUT2D eigenvalue weighted by Crippen LogP contribution is 2.26. The van der Waals surface area contributed by atoms with Gasteiger partial charge in [-0.25, -0.2) is 0 Å². The predicted molar refractivity (Wildman–Crippen MR) is 53.8 cm³/mol. The zero-order valence-corrected chi connectivity index (χ0v) is 8.80. The number of thioether (sulfide) groups is 1. The molecule has 12 heavy (non-hydrogen) atoms. The molecule has 1 amide bonds. The lowest BCUT2D eigenvalue weighted by molar-refractivity contribution is -0.120. The lowest BCUT2D eigenvalue weighted by Crippen LogP contribution is -2.48. The van der Waals surface area contributed by atoms with Gasteiger partial charge in [-0.1, -0.05) is 0 Å². The molecule has 4 heteroatoms. The molecule has 1 aliphatic heterocycles. The minimum atomic E-state index is -0.0499. The summed E-state index contributed by atoms with van der Waals surface area (Å²) in [6.07, 6.45) is 2.11. The average molecular weight is 208 g/mol. The van der Waals surface area contributed by atoms with Crippen LogP contribution in [0.25, 0.3) is 0 Å². The third-order valence-corrected chi connectivity index (χ3v) is 3.39. The summed E-state index contributed by atoms with van der Waals surface area (Å²) in [5, 5.41) is 2.96. The predicted octanol–water partition coefficient (Wildman–Crippen LogP) is 1.63. The third kappa shape index (κ3) is 2.87. The van der Waals surface area contributed by atoms with Crippen molar-refractivity contribution in [1.82, 2.24) is 5.32 Å². The number of nitrogens with one attached hydrogen (secondary N) is 1. The quantitative estimate of drug-likeness (QED) is 0.698. The second-order valence-electron chi connectivity index (χ2n) is 3.35. The van der Waals surface area contributed by atoms with Crippen LogP contribution in [0.1, 0.15) is 19.8 Å². The maximum absolute atomic E-state index is 11.0. The molecule has 0 aromatic carbocycles. The van der Waals surface area contributed by atoms with Gasteiger partial charge >= 0.3 is 0 Å². The highest BCUT2D eigenvalue weighted by atomic mass is 35.5. The fourth-order valence-electron chi connectivity index (χ4n) is 1.32. The summed E-state index contributed by atoms with van der Waals surface area (Å²) in [4.78, 5) is 11.0. The SMILES string of the molecule is CC1(NC(=O)CCl)CCSCC1. The van der Waals surface area contributed by atoms with E-state index >= 15 is 0 Å². The second kappa shape index (κ2) is 4.38. The molecule has 0 aliphatic carbocycles. The molecule has 70 valence electrons. The molecule has 1 aliphatic rings. The van der Waals surface area contributed by atoms with Gasteiger partial charge in [0.1, 0.15) is 5.88 Å². The van der Waals surface area contributed by atoms with E-state index in [-0.39, 0.29) is 17.3 Å². The number of carbonyl (C=O) groups is 1. The molecule has 1 heterocycles. The van der Waals surface area contributed by atoms with Crippen LogP contribution < -0.4 is 5.32 Å². The normalized spacial score (nSPS) is 21.8. The van der Waals surface area contributed by atoms with E-state index in [1.54, 1.807) is 0 Å². The van der Waals surface area contributed by atoms with Gasteiger partial charge in [0.25, 0.3) is 0 Å². The Hall–Kier alpha value is 0.110. The van der Waals surface area contributed by atoms with Crippen molar-refractivity contribution in [3.8, 4) is 0 Å². The first-order valence-electron chi connectivity index (χ1n) is 4.11. The Labute approximate surface area is 82.4 Å². The van der Waals surface area contributed by atoms with Gasteiger partial charge in [-0.2, -0.15) is 11.8 Å². The molecule has 1 saturated heterocycles. The van der Waals surface area contributed by atoms with Crippen LogP contribution in [-0.2, 0) is 4.79 Å². The van der Waals surface area contributed by atoms with E-state index in [1.165, 1.54) is 0 Å². The summed E-state index contributed by atoms with van der Waals surface area (Å²) in [6, 6.07) is 0. The molecular formula is C8H14ClNOS. The van der Waals surface area contributed by atoms with E-state index in [4.69, 9.17) is 11.6 Å². The number of halogens is 1. The van der Waals surface area contributed by atoms with E-state index in [2.05, 4.69) is 12.2 Å². The molecule has 0 bridgehead atoms. The van der Waals surface area contributed by atoms with Gasteiger partial charge < -0.3 is 5.32 Å². The molecule has 0 unspecified atom stereocenters. The van der Waals surface area contributed by atoms with Gasteiger partial charge in [-0.15, -0.1) is 11.6 Å². The van der Waals surface area contributed by atoms with Crippen molar-refractivity contribution in [1.29, 1.82) is 0 Å². The summed E-state index contributed by atoms with van der Waals surface area (Å²) >= 11 is 7.36. The van der Waals surface area contributed by atoms with Crippen molar-refractivity contribution in [3.05, 3.63) is 0 Å². The zero-order valence-electron chi connectivity index (χ0n) is 7.23. The van der Waals surface area contributed by atoms with Crippen LogP contribution >= 0.6 is 23.4 Å². The van der Waals surface area contributed by atoms with Crippen LogP contribution in [0.2, 0.25) is 0 Å². The summed E-state index contributed by atoms with van der Waals surface area (Å²) in [7, 11) is 0. The Morgan fingerprint density at radius 1 is 1.58 bits per heavy atom. The Bertz CT molecular complexity index is 168. The van der Waals surface area contributed by atoms with Gasteiger partial charge in [-0.3, -0.25) is 4.79 Å². The van der Waals surface area contributed by atoms with E-state index in [1.807, 2.05) is 11.8 Å². The van der Waals surface area contributed by atoms with E-state index in [9.17, 15) is 4.79 Å². The Kier molecular flexibility index (Phi) is 3.72. The summed E-state index contributed by atoms with van der Waals surface area (Å²) < 4.78 is 0. The van der Waals surface area contributed by atoms with Crippen LogP contribution in [0.5, 0.6) is 0 Å². The fraction of sp³-hybridized carbons (Fsp3) is 0.875. The largest absolute Gasteiger partial charge is 0.350 e. The van der Waals surface area contributed by atoms with Gasteiger partial charge in [-0.05, 0) is 31.3 Å². The zero-order chi connectivity index (χ0) is 9.03. The minimum absolute atomic E-state index is 0.00275. The van der Waals surface area contributed by atoms with Crippen LogP contribution in [0.15, 0.2) is 0 Å². The summed E-state index contributed by atoms with van der Waals surface area (Å²) in [6.45, 7) is 2.09. The molecule has 2 nitrogen and oxygen atoms in total. The number of hydrogen-bond acceptors (Lipinski definition) is 2. The average Bonchev–Trinajstić information content (AvgIpc) is 2.05. The highest BCUT2D eigenvalue weighted by Gasteiger charge is 2.27. The topological polar surface area (TPSA) is 29.1 Å². The van der Waals surface area contributed by atoms with Crippen molar-refractivity contribution in [2.24, 2.45) is 0 Å². The van der Waals surface area contributed by atoms with E-state index in [0.717, 1.165) is 24.3 Å². The van der Waals surface area contributed by atoms with Crippen molar-refractivity contribution in [2.45, 2.75) is 25.3 Å². The first kappa shape index (κ1) is 10.2. The molecular weight excluding hydrogens is 194 g/mol. The van der Waals surface area contributed by atoms with Crippen molar-refractivity contribution in [3.63, 3.8) is 0 Å². The van der Waals surface area contributed by atoms with Crippen LogP contribution in [-0.4, -0.2) is 28.8 Å². The molecule has 1 N–H and O–H groups in total. The van der Waals surface area contributed by atoms with Crippen LogP contribution in [0.4, 0.5) is 0 Å². The Morgan fingerprint density at radius 3 is 2.67 bits per heavy atom. The van der Waals surface area contributed by atoms with Gasteiger partial charge in [0.15, 0.2) is 0 Å². The number of amides is 1. The van der Waals surface area contributed by atoms with Crippen molar-refractivity contribution in [2.75, 3.05) is 17.4 Å².